The summed E-state index contributed by atoms with van der Waals surface area (Å²) in [7, 11) is 0. The van der Waals surface area contributed by atoms with Gasteiger partial charge in [-0.2, -0.15) is 5.26 Å². The van der Waals surface area contributed by atoms with E-state index in [2.05, 4.69) is 6.07 Å². The van der Waals surface area contributed by atoms with Crippen LogP contribution in [0.15, 0.2) is 54.6 Å². The second-order valence-electron chi connectivity index (χ2n) is 7.48. The monoisotopic (exact) mass is 378 g/mol. The van der Waals surface area contributed by atoms with E-state index in [0.717, 1.165) is 5.56 Å². The molecule has 1 aliphatic rings. The van der Waals surface area contributed by atoms with Gasteiger partial charge in [-0.3, -0.25) is 4.79 Å². The van der Waals surface area contributed by atoms with E-state index >= 15 is 0 Å². The van der Waals surface area contributed by atoms with Gasteiger partial charge in [-0.25, -0.2) is 0 Å². The summed E-state index contributed by atoms with van der Waals surface area (Å²) < 4.78 is 12.1. The molecule has 0 spiro atoms. The third-order valence-electron chi connectivity index (χ3n) is 4.85. The number of rotatable bonds is 5. The maximum absolute atomic E-state index is 13.3. The van der Waals surface area contributed by atoms with Crippen LogP contribution in [0.4, 0.5) is 0 Å². The van der Waals surface area contributed by atoms with E-state index in [-0.39, 0.29) is 24.0 Å². The number of amides is 1. The summed E-state index contributed by atoms with van der Waals surface area (Å²) in [6.45, 7) is 6.89. The summed E-state index contributed by atoms with van der Waals surface area (Å²) in [4.78, 5) is 15.2. The number of hydrogen-bond donors (Lipinski definition) is 0. The predicted molar refractivity (Wildman–Crippen MR) is 107 cm³/mol. The minimum absolute atomic E-state index is 0.0347. The van der Waals surface area contributed by atoms with E-state index in [4.69, 9.17) is 9.47 Å². The van der Waals surface area contributed by atoms with E-state index in [9.17, 15) is 10.1 Å². The molecular formula is C23H26N2O3. The highest BCUT2D eigenvalue weighted by Crippen LogP contribution is 2.27. The number of hydrogen-bond acceptors (Lipinski definition) is 4. The minimum Gasteiger partial charge on any atom is -0.479 e. The number of benzene rings is 2. The Bertz CT molecular complexity index is 844. The molecule has 146 valence electrons. The molecule has 1 heterocycles. The number of nitriles is 1. The molecule has 0 radical (unpaired) electrons. The second kappa shape index (κ2) is 8.90. The molecule has 2 aromatic rings. The van der Waals surface area contributed by atoms with Gasteiger partial charge < -0.3 is 14.4 Å². The van der Waals surface area contributed by atoms with Crippen LogP contribution in [-0.4, -0.2) is 36.1 Å². The number of carbonyl (C=O) groups is 1. The lowest BCUT2D eigenvalue weighted by Crippen LogP contribution is -2.52. The topological polar surface area (TPSA) is 62.6 Å². The van der Waals surface area contributed by atoms with Gasteiger partial charge in [0.05, 0.1) is 18.2 Å². The van der Waals surface area contributed by atoms with Gasteiger partial charge in [0.15, 0.2) is 6.10 Å². The van der Waals surface area contributed by atoms with Crippen molar-refractivity contribution < 1.29 is 14.3 Å². The molecule has 0 saturated carbocycles. The molecule has 0 N–H and O–H groups in total. The van der Waals surface area contributed by atoms with E-state index in [1.54, 1.807) is 24.3 Å². The van der Waals surface area contributed by atoms with Crippen LogP contribution in [0.3, 0.4) is 0 Å². The molecule has 1 aliphatic heterocycles. The smallest absolute Gasteiger partial charge is 0.264 e. The molecule has 1 fully saturated rings. The van der Waals surface area contributed by atoms with Crippen molar-refractivity contribution in [2.75, 3.05) is 13.1 Å². The molecule has 1 amide bonds. The van der Waals surface area contributed by atoms with Crippen LogP contribution in [0.1, 0.15) is 38.0 Å². The van der Waals surface area contributed by atoms with Crippen molar-refractivity contribution in [2.24, 2.45) is 5.92 Å². The Hall–Kier alpha value is -2.84. The third kappa shape index (κ3) is 4.52. The number of ether oxygens (including phenoxy) is 2. The minimum atomic E-state index is -0.656. The Balaban J connectivity index is 1.79. The first kappa shape index (κ1) is 19.9. The molecule has 0 aromatic heterocycles. The molecular weight excluding hydrogens is 352 g/mol. The average Bonchev–Trinajstić information content (AvgIpc) is 2.71. The fourth-order valence-electron chi connectivity index (χ4n) is 3.43. The summed E-state index contributed by atoms with van der Waals surface area (Å²) in [6, 6.07) is 19.1. The van der Waals surface area contributed by atoms with E-state index in [1.807, 2.05) is 56.0 Å². The van der Waals surface area contributed by atoms with Crippen LogP contribution in [0, 0.1) is 17.2 Å². The van der Waals surface area contributed by atoms with Gasteiger partial charge in [0.2, 0.25) is 0 Å². The zero-order valence-corrected chi connectivity index (χ0v) is 16.5. The summed E-state index contributed by atoms with van der Waals surface area (Å²) in [6.07, 6.45) is -0.883. The summed E-state index contributed by atoms with van der Waals surface area (Å²) in [5.74, 6) is 0.337. The highest BCUT2D eigenvalue weighted by molar-refractivity contribution is 5.82. The van der Waals surface area contributed by atoms with Gasteiger partial charge in [-0.15, -0.1) is 0 Å². The molecule has 5 nitrogen and oxygen atoms in total. The van der Waals surface area contributed by atoms with Crippen molar-refractivity contribution in [1.29, 1.82) is 5.26 Å². The lowest BCUT2D eigenvalue weighted by atomic mass is 10.0. The van der Waals surface area contributed by atoms with Gasteiger partial charge in [0.25, 0.3) is 5.91 Å². The van der Waals surface area contributed by atoms with Crippen molar-refractivity contribution in [3.05, 3.63) is 65.7 Å². The van der Waals surface area contributed by atoms with Crippen molar-refractivity contribution in [3.8, 4) is 11.8 Å². The largest absolute Gasteiger partial charge is 0.479 e. The molecule has 3 unspecified atom stereocenters. The van der Waals surface area contributed by atoms with Crippen LogP contribution < -0.4 is 4.74 Å². The van der Waals surface area contributed by atoms with Gasteiger partial charge in [-0.05, 0) is 30.5 Å². The van der Waals surface area contributed by atoms with Crippen molar-refractivity contribution >= 4 is 5.91 Å². The summed E-state index contributed by atoms with van der Waals surface area (Å²) >= 11 is 0. The van der Waals surface area contributed by atoms with E-state index in [1.165, 1.54) is 0 Å². The van der Waals surface area contributed by atoms with E-state index in [0.29, 0.717) is 24.4 Å². The van der Waals surface area contributed by atoms with Crippen molar-refractivity contribution in [2.45, 2.75) is 39.1 Å². The first-order valence-corrected chi connectivity index (χ1v) is 9.64. The van der Waals surface area contributed by atoms with Crippen LogP contribution in [0.2, 0.25) is 0 Å². The highest BCUT2D eigenvalue weighted by atomic mass is 16.5. The molecule has 28 heavy (non-hydrogen) atoms. The maximum atomic E-state index is 13.3. The predicted octanol–water partition coefficient (Wildman–Crippen LogP) is 3.95. The lowest BCUT2D eigenvalue weighted by Gasteiger charge is -2.39. The van der Waals surface area contributed by atoms with Crippen LogP contribution in [0.25, 0.3) is 0 Å². The van der Waals surface area contributed by atoms with Gasteiger partial charge in [-0.1, -0.05) is 56.3 Å². The molecule has 3 atom stereocenters. The Labute approximate surface area is 166 Å². The fraction of sp³-hybridized carbons (Fsp3) is 0.391. The van der Waals surface area contributed by atoms with Crippen molar-refractivity contribution in [3.63, 3.8) is 0 Å². The number of morpholine rings is 1. The first-order valence-electron chi connectivity index (χ1n) is 9.64. The first-order chi connectivity index (χ1) is 13.5. The molecule has 3 rings (SSSR count). The zero-order chi connectivity index (χ0) is 20.1. The zero-order valence-electron chi connectivity index (χ0n) is 16.5. The van der Waals surface area contributed by atoms with Crippen molar-refractivity contribution in [1.82, 2.24) is 4.90 Å². The molecule has 2 aromatic carbocycles. The molecule has 5 heteroatoms. The summed E-state index contributed by atoms with van der Waals surface area (Å²) in [5, 5.41) is 9.31. The van der Waals surface area contributed by atoms with Gasteiger partial charge >= 0.3 is 0 Å². The SMILES string of the molecule is CC1CN(C(=O)C(Oc2ccccc2C#N)C(C)C)CC(c2ccccc2)O1. The normalized spacial score (nSPS) is 20.5. The van der Waals surface area contributed by atoms with Crippen LogP contribution >= 0.6 is 0 Å². The third-order valence-corrected chi connectivity index (χ3v) is 4.85. The van der Waals surface area contributed by atoms with E-state index < -0.39 is 6.10 Å². The van der Waals surface area contributed by atoms with Gasteiger partial charge in [0, 0.05) is 6.54 Å². The Morgan fingerprint density at radius 2 is 1.82 bits per heavy atom. The molecule has 1 saturated heterocycles. The van der Waals surface area contributed by atoms with Crippen LogP contribution in [-0.2, 0) is 9.53 Å². The number of nitrogens with zero attached hydrogens (tertiary/aromatic N) is 2. The lowest BCUT2D eigenvalue weighted by molar-refractivity contribution is -0.153. The van der Waals surface area contributed by atoms with Gasteiger partial charge in [0.1, 0.15) is 17.9 Å². The highest BCUT2D eigenvalue weighted by Gasteiger charge is 2.35. The fourth-order valence-corrected chi connectivity index (χ4v) is 3.43. The average molecular weight is 378 g/mol. The Morgan fingerprint density at radius 3 is 2.50 bits per heavy atom. The number of carbonyl (C=O) groups excluding carboxylic acids is 1. The second-order valence-corrected chi connectivity index (χ2v) is 7.48. The molecule has 0 bridgehead atoms. The Morgan fingerprint density at radius 1 is 1.14 bits per heavy atom. The summed E-state index contributed by atoms with van der Waals surface area (Å²) in [5.41, 5.74) is 1.49. The quantitative estimate of drug-likeness (QED) is 0.790. The number of para-hydroxylation sites is 1. The molecule has 0 aliphatic carbocycles. The maximum Gasteiger partial charge on any atom is 0.264 e. The Kier molecular flexibility index (Phi) is 6.33. The van der Waals surface area contributed by atoms with Crippen LogP contribution in [0.5, 0.6) is 5.75 Å². The standard InChI is InChI=1S/C23H26N2O3/c1-16(2)22(28-20-12-8-7-11-19(20)13-24)23(26)25-14-17(3)27-21(15-25)18-9-5-4-6-10-18/h4-12,16-17,21-22H,14-15H2,1-3H3.